The van der Waals surface area contributed by atoms with Gasteiger partial charge in [0.1, 0.15) is 23.1 Å². The van der Waals surface area contributed by atoms with Gasteiger partial charge in [-0.05, 0) is 49.4 Å². The van der Waals surface area contributed by atoms with E-state index in [1.165, 1.54) is 51.7 Å². The van der Waals surface area contributed by atoms with Crippen molar-refractivity contribution in [2.24, 2.45) is 0 Å². The average molecular weight is 464 g/mol. The molecule has 0 fully saturated rings. The second-order valence-electron chi connectivity index (χ2n) is 7.35. The Hall–Kier alpha value is -4.33. The molecular formula is C26H21FO7. The van der Waals surface area contributed by atoms with Crippen LogP contribution in [-0.2, 0) is 0 Å². The van der Waals surface area contributed by atoms with Gasteiger partial charge in [0.25, 0.3) is 0 Å². The third kappa shape index (κ3) is 4.17. The number of ketones is 1. The first kappa shape index (κ1) is 22.8. The first-order valence-corrected chi connectivity index (χ1v) is 10.2. The lowest BCUT2D eigenvalue weighted by Gasteiger charge is -2.12. The molecule has 0 aliphatic carbocycles. The predicted octanol–water partition coefficient (Wildman–Crippen LogP) is 5.00. The summed E-state index contributed by atoms with van der Waals surface area (Å²) in [6.07, 6.45) is 1.54. The first-order chi connectivity index (χ1) is 16.4. The van der Waals surface area contributed by atoms with E-state index in [1.54, 1.807) is 25.1 Å². The molecule has 1 heterocycles. The van der Waals surface area contributed by atoms with Crippen LogP contribution in [0.4, 0.5) is 4.39 Å². The molecule has 1 aliphatic rings. The summed E-state index contributed by atoms with van der Waals surface area (Å²) in [5, 5.41) is 0. The Kier molecular flexibility index (Phi) is 6.23. The highest BCUT2D eigenvalue weighted by Gasteiger charge is 2.31. The van der Waals surface area contributed by atoms with E-state index in [0.717, 1.165) is 6.07 Å². The molecule has 0 aromatic heterocycles. The number of carbonyl (C=O) groups is 2. The van der Waals surface area contributed by atoms with Gasteiger partial charge in [0, 0.05) is 17.2 Å². The lowest BCUT2D eigenvalue weighted by atomic mass is 10.1. The van der Waals surface area contributed by atoms with Crippen LogP contribution in [0.1, 0.15) is 31.8 Å². The SMILES string of the molecule is COc1cc(OC)c(OC)cc1/C=C1\Oc2c(ccc(OC(=O)c3cccc(F)c3)c2C)C1=O. The molecule has 174 valence electrons. The van der Waals surface area contributed by atoms with Gasteiger partial charge in [-0.1, -0.05) is 6.07 Å². The summed E-state index contributed by atoms with van der Waals surface area (Å²) in [7, 11) is 4.51. The van der Waals surface area contributed by atoms with Crippen LogP contribution in [0.5, 0.6) is 28.7 Å². The fourth-order valence-corrected chi connectivity index (χ4v) is 3.56. The van der Waals surface area contributed by atoms with Gasteiger partial charge in [-0.3, -0.25) is 4.79 Å². The fourth-order valence-electron chi connectivity index (χ4n) is 3.56. The zero-order valence-corrected chi connectivity index (χ0v) is 18.9. The van der Waals surface area contributed by atoms with Crippen molar-refractivity contribution >= 4 is 17.8 Å². The maximum absolute atomic E-state index is 13.4. The van der Waals surface area contributed by atoms with E-state index in [-0.39, 0.29) is 28.6 Å². The molecule has 0 spiro atoms. The van der Waals surface area contributed by atoms with E-state index in [0.29, 0.717) is 33.9 Å². The average Bonchev–Trinajstić information content (AvgIpc) is 3.16. The highest BCUT2D eigenvalue weighted by Crippen LogP contribution is 2.41. The summed E-state index contributed by atoms with van der Waals surface area (Å²) in [5.41, 5.74) is 1.40. The van der Waals surface area contributed by atoms with Gasteiger partial charge in [0.2, 0.25) is 5.78 Å². The largest absolute Gasteiger partial charge is 0.496 e. The maximum Gasteiger partial charge on any atom is 0.343 e. The molecule has 34 heavy (non-hydrogen) atoms. The number of benzene rings is 3. The number of allylic oxidation sites excluding steroid dienone is 1. The number of ether oxygens (including phenoxy) is 5. The minimum absolute atomic E-state index is 0.0669. The molecule has 0 amide bonds. The normalized spacial score (nSPS) is 13.3. The Morgan fingerprint density at radius 2 is 1.62 bits per heavy atom. The Morgan fingerprint density at radius 3 is 2.29 bits per heavy atom. The predicted molar refractivity (Wildman–Crippen MR) is 122 cm³/mol. The van der Waals surface area contributed by atoms with Gasteiger partial charge in [-0.25, -0.2) is 9.18 Å². The summed E-state index contributed by atoms with van der Waals surface area (Å²) < 4.78 is 40.8. The van der Waals surface area contributed by atoms with Gasteiger partial charge in [-0.2, -0.15) is 0 Å². The van der Waals surface area contributed by atoms with Gasteiger partial charge in [0.15, 0.2) is 17.3 Å². The molecular weight excluding hydrogens is 443 g/mol. The number of hydrogen-bond acceptors (Lipinski definition) is 7. The molecule has 0 atom stereocenters. The minimum atomic E-state index is -0.724. The Balaban J connectivity index is 1.65. The standard InChI is InChI=1S/C26H21FO7/c1-14-19(34-26(29)15-6-5-7-17(27)10-15)9-8-18-24(28)23(33-25(14)18)12-16-11-21(31-3)22(32-4)13-20(16)30-2/h5-13H,1-4H3/b23-12-. The highest BCUT2D eigenvalue weighted by molar-refractivity contribution is 6.15. The summed E-state index contributed by atoms with van der Waals surface area (Å²) in [4.78, 5) is 25.4. The van der Waals surface area contributed by atoms with Crippen molar-refractivity contribution in [2.45, 2.75) is 6.92 Å². The molecule has 4 rings (SSSR count). The van der Waals surface area contributed by atoms with Gasteiger partial charge < -0.3 is 23.7 Å². The molecule has 0 bridgehead atoms. The molecule has 0 N–H and O–H groups in total. The van der Waals surface area contributed by atoms with Crippen molar-refractivity contribution in [1.82, 2.24) is 0 Å². The van der Waals surface area contributed by atoms with Crippen LogP contribution in [0, 0.1) is 12.7 Å². The van der Waals surface area contributed by atoms with Crippen molar-refractivity contribution in [3.8, 4) is 28.7 Å². The number of methoxy groups -OCH3 is 3. The topological polar surface area (TPSA) is 80.3 Å². The number of Topliss-reactive ketones (excluding diaryl/α,β-unsaturated/α-hetero) is 1. The van der Waals surface area contributed by atoms with E-state index in [9.17, 15) is 14.0 Å². The van der Waals surface area contributed by atoms with E-state index < -0.39 is 11.8 Å². The van der Waals surface area contributed by atoms with E-state index >= 15 is 0 Å². The maximum atomic E-state index is 13.4. The van der Waals surface area contributed by atoms with Crippen molar-refractivity contribution in [2.75, 3.05) is 21.3 Å². The number of halogens is 1. The number of carbonyl (C=O) groups excluding carboxylic acids is 2. The second-order valence-corrected chi connectivity index (χ2v) is 7.35. The fraction of sp³-hybridized carbons (Fsp3) is 0.154. The second kappa shape index (κ2) is 9.27. The van der Waals surface area contributed by atoms with Crippen molar-refractivity contribution in [3.63, 3.8) is 0 Å². The quantitative estimate of drug-likeness (QED) is 0.289. The number of rotatable bonds is 6. The van der Waals surface area contributed by atoms with Gasteiger partial charge >= 0.3 is 5.97 Å². The molecule has 8 heteroatoms. The molecule has 3 aromatic rings. The van der Waals surface area contributed by atoms with Crippen molar-refractivity contribution < 1.29 is 37.7 Å². The van der Waals surface area contributed by atoms with Crippen LogP contribution in [0.3, 0.4) is 0 Å². The van der Waals surface area contributed by atoms with Crippen molar-refractivity contribution in [1.29, 1.82) is 0 Å². The molecule has 0 saturated heterocycles. The monoisotopic (exact) mass is 464 g/mol. The third-order valence-electron chi connectivity index (χ3n) is 5.32. The third-order valence-corrected chi connectivity index (χ3v) is 5.32. The van der Waals surface area contributed by atoms with Gasteiger partial charge in [0.05, 0.1) is 32.5 Å². The molecule has 7 nitrogen and oxygen atoms in total. The van der Waals surface area contributed by atoms with Crippen LogP contribution in [0.25, 0.3) is 6.08 Å². The Bertz CT molecular complexity index is 1330. The van der Waals surface area contributed by atoms with E-state index in [2.05, 4.69) is 0 Å². The van der Waals surface area contributed by atoms with Crippen LogP contribution >= 0.6 is 0 Å². The number of fused-ring (bicyclic) bond motifs is 1. The zero-order chi connectivity index (χ0) is 24.4. The smallest absolute Gasteiger partial charge is 0.343 e. The Labute approximate surface area is 195 Å². The summed E-state index contributed by atoms with van der Waals surface area (Å²) in [5.74, 6) is 0.331. The number of esters is 1. The molecule has 0 saturated carbocycles. The lowest BCUT2D eigenvalue weighted by Crippen LogP contribution is -2.09. The van der Waals surface area contributed by atoms with Crippen LogP contribution in [-0.4, -0.2) is 33.1 Å². The van der Waals surface area contributed by atoms with E-state index in [4.69, 9.17) is 23.7 Å². The Morgan fingerprint density at radius 1 is 0.912 bits per heavy atom. The first-order valence-electron chi connectivity index (χ1n) is 10.2. The highest BCUT2D eigenvalue weighted by atomic mass is 19.1. The molecule has 0 radical (unpaired) electrons. The minimum Gasteiger partial charge on any atom is -0.496 e. The molecule has 0 unspecified atom stereocenters. The molecule has 1 aliphatic heterocycles. The van der Waals surface area contributed by atoms with Crippen LogP contribution in [0.2, 0.25) is 0 Å². The van der Waals surface area contributed by atoms with Crippen LogP contribution in [0.15, 0.2) is 54.3 Å². The lowest BCUT2D eigenvalue weighted by molar-refractivity contribution is 0.0732. The number of hydrogen-bond donors (Lipinski definition) is 0. The summed E-state index contributed by atoms with van der Waals surface area (Å²) in [6.45, 7) is 1.67. The molecule has 3 aromatic carbocycles. The summed E-state index contributed by atoms with van der Waals surface area (Å²) >= 11 is 0. The van der Waals surface area contributed by atoms with E-state index in [1.807, 2.05) is 0 Å². The van der Waals surface area contributed by atoms with Gasteiger partial charge in [-0.15, -0.1) is 0 Å². The summed E-state index contributed by atoms with van der Waals surface area (Å²) in [6, 6.07) is 11.5. The zero-order valence-electron chi connectivity index (χ0n) is 18.9. The van der Waals surface area contributed by atoms with Crippen molar-refractivity contribution in [3.05, 3.63) is 82.4 Å². The van der Waals surface area contributed by atoms with Crippen LogP contribution < -0.4 is 23.7 Å².